The van der Waals surface area contributed by atoms with Crippen LogP contribution in [0.2, 0.25) is 0 Å². The van der Waals surface area contributed by atoms with Crippen molar-refractivity contribution < 1.29 is 19.5 Å². The van der Waals surface area contributed by atoms with Gasteiger partial charge in [-0.05, 0) is 32.1 Å². The number of nitrogens with zero attached hydrogens (tertiary/aromatic N) is 1. The molecule has 0 aromatic heterocycles. The number of likely N-dealkylation sites (tertiary alicyclic amines) is 1. The summed E-state index contributed by atoms with van der Waals surface area (Å²) in [5, 5.41) is 15.2. The van der Waals surface area contributed by atoms with Crippen molar-refractivity contribution >= 4 is 17.7 Å². The second-order valence-corrected chi connectivity index (χ2v) is 6.34. The van der Waals surface area contributed by atoms with Crippen LogP contribution < -0.4 is 16.4 Å². The zero-order valence-corrected chi connectivity index (χ0v) is 14.6. The molecule has 3 atom stereocenters. The van der Waals surface area contributed by atoms with Crippen LogP contribution in [0.5, 0.6) is 0 Å². The van der Waals surface area contributed by atoms with Gasteiger partial charge in [-0.25, -0.2) is 0 Å². The van der Waals surface area contributed by atoms with Crippen molar-refractivity contribution in [3.63, 3.8) is 0 Å². The smallest absolute Gasteiger partial charge is 0.247 e. The Bertz CT molecular complexity index is 442. The maximum atomic E-state index is 12.6. The van der Waals surface area contributed by atoms with Gasteiger partial charge in [0.25, 0.3) is 0 Å². The number of nitrogens with one attached hydrogen (secondary N) is 2. The number of aliphatic hydroxyl groups is 1. The fourth-order valence-electron chi connectivity index (χ4n) is 2.82. The van der Waals surface area contributed by atoms with Crippen LogP contribution in [0.3, 0.4) is 0 Å². The highest BCUT2D eigenvalue weighted by Crippen LogP contribution is 2.17. The van der Waals surface area contributed by atoms with E-state index >= 15 is 0 Å². The van der Waals surface area contributed by atoms with E-state index in [0.717, 1.165) is 19.3 Å². The molecule has 1 heterocycles. The number of aliphatic hydroxyl groups excluding tert-OH is 1. The van der Waals surface area contributed by atoms with Gasteiger partial charge in [0.1, 0.15) is 6.04 Å². The molecule has 138 valence electrons. The maximum absolute atomic E-state index is 12.6. The first-order chi connectivity index (χ1) is 11.4. The third-order valence-electron chi connectivity index (χ3n) is 4.15. The van der Waals surface area contributed by atoms with Gasteiger partial charge in [0, 0.05) is 26.1 Å². The Morgan fingerprint density at radius 1 is 1.33 bits per heavy atom. The summed E-state index contributed by atoms with van der Waals surface area (Å²) in [6.45, 7) is 4.81. The van der Waals surface area contributed by atoms with Crippen LogP contribution in [0.25, 0.3) is 0 Å². The molecule has 1 aliphatic rings. The standard InChI is InChI=1S/C16H30N4O4/c1-3-5-13(22)18-9-12-6-4-7-20(10-12)16(24)15(11(2)21)19-14(23)8-17/h11-12,15,21H,3-10,17H2,1-2H3,(H,18,22)(H,19,23)/t11-,12?,15+/m0/s1. The molecule has 0 aromatic rings. The van der Waals surface area contributed by atoms with E-state index in [-0.39, 0.29) is 24.3 Å². The van der Waals surface area contributed by atoms with Gasteiger partial charge in [-0.3, -0.25) is 14.4 Å². The highest BCUT2D eigenvalue weighted by Gasteiger charge is 2.32. The molecule has 3 amide bonds. The summed E-state index contributed by atoms with van der Waals surface area (Å²) in [5.41, 5.74) is 5.25. The quantitative estimate of drug-likeness (QED) is 0.449. The Kier molecular flexibility index (Phi) is 8.70. The number of nitrogens with two attached hydrogens (primary N) is 1. The lowest BCUT2D eigenvalue weighted by Gasteiger charge is -2.35. The van der Waals surface area contributed by atoms with Gasteiger partial charge in [0.15, 0.2) is 0 Å². The van der Waals surface area contributed by atoms with Crippen molar-refractivity contribution in [2.45, 2.75) is 51.7 Å². The summed E-state index contributed by atoms with van der Waals surface area (Å²) in [6.07, 6.45) is 2.07. The summed E-state index contributed by atoms with van der Waals surface area (Å²) in [4.78, 5) is 37.3. The van der Waals surface area contributed by atoms with Crippen LogP contribution in [-0.4, -0.2) is 66.1 Å². The zero-order valence-electron chi connectivity index (χ0n) is 14.6. The first-order valence-corrected chi connectivity index (χ1v) is 8.62. The van der Waals surface area contributed by atoms with Gasteiger partial charge in [-0.15, -0.1) is 0 Å². The Hall–Kier alpha value is -1.67. The second kappa shape index (κ2) is 10.2. The number of carbonyl (C=O) groups is 3. The summed E-state index contributed by atoms with van der Waals surface area (Å²) < 4.78 is 0. The van der Waals surface area contributed by atoms with Crippen LogP contribution in [0, 0.1) is 5.92 Å². The molecule has 0 spiro atoms. The molecule has 1 fully saturated rings. The third-order valence-corrected chi connectivity index (χ3v) is 4.15. The molecule has 1 aliphatic heterocycles. The lowest BCUT2D eigenvalue weighted by Crippen LogP contribution is -2.56. The fourth-order valence-corrected chi connectivity index (χ4v) is 2.82. The number of amides is 3. The first-order valence-electron chi connectivity index (χ1n) is 8.62. The van der Waals surface area contributed by atoms with Crippen molar-refractivity contribution in [3.8, 4) is 0 Å². The van der Waals surface area contributed by atoms with Crippen LogP contribution in [0.4, 0.5) is 0 Å². The van der Waals surface area contributed by atoms with Crippen molar-refractivity contribution in [1.29, 1.82) is 0 Å². The average molecular weight is 342 g/mol. The Labute approximate surface area is 143 Å². The molecule has 24 heavy (non-hydrogen) atoms. The van der Waals surface area contributed by atoms with Crippen LogP contribution in [0.1, 0.15) is 39.5 Å². The molecular weight excluding hydrogens is 312 g/mol. The number of hydrogen-bond acceptors (Lipinski definition) is 5. The molecular formula is C16H30N4O4. The number of piperidine rings is 1. The predicted octanol–water partition coefficient (Wildman–Crippen LogP) is -1.03. The van der Waals surface area contributed by atoms with Crippen LogP contribution >= 0.6 is 0 Å². The number of carbonyl (C=O) groups excluding carboxylic acids is 3. The Morgan fingerprint density at radius 3 is 2.62 bits per heavy atom. The van der Waals surface area contributed by atoms with E-state index in [4.69, 9.17) is 5.73 Å². The molecule has 0 radical (unpaired) electrons. The van der Waals surface area contributed by atoms with Crippen molar-refractivity contribution in [3.05, 3.63) is 0 Å². The summed E-state index contributed by atoms with van der Waals surface area (Å²) >= 11 is 0. The van der Waals surface area contributed by atoms with Gasteiger partial charge < -0.3 is 26.4 Å². The van der Waals surface area contributed by atoms with Crippen molar-refractivity contribution in [2.24, 2.45) is 11.7 Å². The van der Waals surface area contributed by atoms with Crippen molar-refractivity contribution in [1.82, 2.24) is 15.5 Å². The molecule has 1 saturated heterocycles. The fraction of sp³-hybridized carbons (Fsp3) is 0.812. The molecule has 8 heteroatoms. The molecule has 0 bridgehead atoms. The Balaban J connectivity index is 2.59. The average Bonchev–Trinajstić information content (AvgIpc) is 2.57. The lowest BCUT2D eigenvalue weighted by molar-refractivity contribution is -0.140. The predicted molar refractivity (Wildman–Crippen MR) is 89.9 cm³/mol. The van der Waals surface area contributed by atoms with Gasteiger partial charge in [0.05, 0.1) is 12.6 Å². The second-order valence-electron chi connectivity index (χ2n) is 6.34. The van der Waals surface area contributed by atoms with E-state index in [0.29, 0.717) is 26.1 Å². The third kappa shape index (κ3) is 6.45. The highest BCUT2D eigenvalue weighted by molar-refractivity contribution is 5.88. The van der Waals surface area contributed by atoms with Gasteiger partial charge in [-0.1, -0.05) is 6.92 Å². The van der Waals surface area contributed by atoms with Gasteiger partial charge >= 0.3 is 0 Å². The molecule has 1 rings (SSSR count). The number of hydrogen-bond donors (Lipinski definition) is 4. The minimum absolute atomic E-state index is 0.0259. The molecule has 5 N–H and O–H groups in total. The number of rotatable bonds is 8. The normalized spacial score (nSPS) is 20.2. The summed E-state index contributed by atoms with van der Waals surface area (Å²) in [6, 6.07) is -0.991. The van der Waals surface area contributed by atoms with Crippen molar-refractivity contribution in [2.75, 3.05) is 26.2 Å². The van der Waals surface area contributed by atoms with E-state index in [1.165, 1.54) is 6.92 Å². The molecule has 1 unspecified atom stereocenters. The van der Waals surface area contributed by atoms with E-state index in [9.17, 15) is 19.5 Å². The van der Waals surface area contributed by atoms with E-state index < -0.39 is 18.1 Å². The maximum Gasteiger partial charge on any atom is 0.247 e. The minimum atomic E-state index is -1.00. The SMILES string of the molecule is CCCC(=O)NCC1CCCN(C(=O)[C@H](NC(=O)CN)[C@H](C)O)C1. The van der Waals surface area contributed by atoms with Crippen LogP contribution in [-0.2, 0) is 14.4 Å². The largest absolute Gasteiger partial charge is 0.391 e. The van der Waals surface area contributed by atoms with E-state index in [1.807, 2.05) is 6.92 Å². The van der Waals surface area contributed by atoms with Gasteiger partial charge in [0.2, 0.25) is 17.7 Å². The molecule has 0 saturated carbocycles. The molecule has 8 nitrogen and oxygen atoms in total. The molecule has 0 aliphatic carbocycles. The topological polar surface area (TPSA) is 125 Å². The highest BCUT2D eigenvalue weighted by atomic mass is 16.3. The lowest BCUT2D eigenvalue weighted by atomic mass is 9.96. The van der Waals surface area contributed by atoms with Crippen LogP contribution in [0.15, 0.2) is 0 Å². The monoisotopic (exact) mass is 342 g/mol. The summed E-state index contributed by atoms with van der Waals surface area (Å²) in [7, 11) is 0. The summed E-state index contributed by atoms with van der Waals surface area (Å²) in [5.74, 6) is -0.576. The van der Waals surface area contributed by atoms with E-state index in [2.05, 4.69) is 10.6 Å². The molecule has 0 aromatic carbocycles. The minimum Gasteiger partial charge on any atom is -0.391 e. The first kappa shape index (κ1) is 20.4. The Morgan fingerprint density at radius 2 is 2.04 bits per heavy atom. The van der Waals surface area contributed by atoms with Gasteiger partial charge in [-0.2, -0.15) is 0 Å². The zero-order chi connectivity index (χ0) is 18.1. The van der Waals surface area contributed by atoms with E-state index in [1.54, 1.807) is 4.90 Å².